The minimum atomic E-state index is -0.0518. The fraction of sp³-hybridized carbons (Fsp3) is 0.190. The highest BCUT2D eigenvalue weighted by Crippen LogP contribution is 2.46. The minimum absolute atomic E-state index is 0.0115. The maximum atomic E-state index is 12.2. The number of carbonyl (C=O) groups is 1. The first-order valence-corrected chi connectivity index (χ1v) is 9.83. The van der Waals surface area contributed by atoms with Crippen LogP contribution < -0.4 is 14.8 Å². The molecule has 6 heteroatoms. The number of hydrogen-bond acceptors (Lipinski definition) is 4. The molecule has 138 valence electrons. The summed E-state index contributed by atoms with van der Waals surface area (Å²) in [5.41, 5.74) is 2.85. The maximum Gasteiger partial charge on any atom is 0.225 e. The summed E-state index contributed by atoms with van der Waals surface area (Å²) in [6.07, 6.45) is 0.387. The first-order valence-electron chi connectivity index (χ1n) is 8.57. The molecule has 1 aliphatic heterocycles. The molecule has 3 aromatic rings. The number of nitrogens with one attached hydrogen (secondary N) is 1. The highest BCUT2D eigenvalue weighted by atomic mass is 35.5. The average Bonchev–Trinajstić information content (AvgIpc) is 3.15. The lowest BCUT2D eigenvalue weighted by molar-refractivity contribution is -0.116. The van der Waals surface area contributed by atoms with Crippen molar-refractivity contribution in [3.63, 3.8) is 0 Å². The number of amides is 1. The van der Waals surface area contributed by atoms with Crippen molar-refractivity contribution in [3.05, 3.63) is 74.9 Å². The highest BCUT2D eigenvalue weighted by molar-refractivity contribution is 7.10. The maximum absolute atomic E-state index is 12.2. The van der Waals surface area contributed by atoms with Gasteiger partial charge in [0.2, 0.25) is 5.91 Å². The van der Waals surface area contributed by atoms with E-state index in [-0.39, 0.29) is 11.8 Å². The van der Waals surface area contributed by atoms with Crippen LogP contribution in [0.4, 0.5) is 5.69 Å². The number of para-hydroxylation sites is 1. The molecule has 1 unspecified atom stereocenters. The normalized spacial score (nSPS) is 15.8. The number of carbonyl (C=O) groups excluding carboxylic acids is 1. The second kappa shape index (κ2) is 7.62. The van der Waals surface area contributed by atoms with Gasteiger partial charge >= 0.3 is 0 Å². The van der Waals surface area contributed by atoms with E-state index in [9.17, 15) is 4.79 Å². The lowest BCUT2D eigenvalue weighted by Crippen LogP contribution is -2.22. The van der Waals surface area contributed by atoms with Gasteiger partial charge in [-0.05, 0) is 35.2 Å². The van der Waals surface area contributed by atoms with Crippen molar-refractivity contribution in [3.8, 4) is 11.5 Å². The van der Waals surface area contributed by atoms with Gasteiger partial charge in [-0.2, -0.15) is 0 Å². The van der Waals surface area contributed by atoms with Gasteiger partial charge in [0.1, 0.15) is 6.61 Å². The molecule has 1 aromatic heterocycles. The lowest BCUT2D eigenvalue weighted by Gasteiger charge is -2.25. The molecule has 1 atom stereocenters. The number of hydrogen-bond donors (Lipinski definition) is 1. The number of rotatable bonds is 5. The van der Waals surface area contributed by atoms with Gasteiger partial charge in [-0.15, -0.1) is 11.3 Å². The van der Waals surface area contributed by atoms with E-state index in [1.807, 2.05) is 53.9 Å². The monoisotopic (exact) mass is 399 g/mol. The van der Waals surface area contributed by atoms with E-state index >= 15 is 0 Å². The zero-order valence-corrected chi connectivity index (χ0v) is 16.3. The van der Waals surface area contributed by atoms with E-state index in [0.717, 1.165) is 21.7 Å². The Morgan fingerprint density at radius 1 is 1.19 bits per heavy atom. The van der Waals surface area contributed by atoms with Crippen LogP contribution in [-0.4, -0.2) is 13.0 Å². The number of thiophene rings is 1. The molecule has 4 rings (SSSR count). The second-order valence-electron chi connectivity index (χ2n) is 6.30. The number of methoxy groups -OCH3 is 1. The highest BCUT2D eigenvalue weighted by Gasteiger charge is 2.30. The molecule has 0 radical (unpaired) electrons. The first-order chi connectivity index (χ1) is 13.2. The van der Waals surface area contributed by atoms with E-state index in [1.54, 1.807) is 18.4 Å². The Balaban J connectivity index is 1.69. The third-order valence-electron chi connectivity index (χ3n) is 4.58. The van der Waals surface area contributed by atoms with Crippen molar-refractivity contribution < 1.29 is 14.3 Å². The molecule has 1 amide bonds. The number of ether oxygens (including phenoxy) is 2. The van der Waals surface area contributed by atoms with Crippen LogP contribution in [0.2, 0.25) is 5.02 Å². The Labute approximate surface area is 166 Å². The van der Waals surface area contributed by atoms with Gasteiger partial charge in [-0.3, -0.25) is 4.79 Å². The van der Waals surface area contributed by atoms with E-state index < -0.39 is 0 Å². The fourth-order valence-electron chi connectivity index (χ4n) is 3.28. The van der Waals surface area contributed by atoms with Gasteiger partial charge < -0.3 is 14.8 Å². The summed E-state index contributed by atoms with van der Waals surface area (Å²) in [6, 6.07) is 15.3. The number of halogens is 1. The van der Waals surface area contributed by atoms with Crippen LogP contribution >= 0.6 is 22.9 Å². The summed E-state index contributed by atoms with van der Waals surface area (Å²) in [5.74, 6) is 1.29. The van der Waals surface area contributed by atoms with Crippen LogP contribution in [0.25, 0.3) is 0 Å². The molecule has 1 aliphatic rings. The molecule has 0 aliphatic carbocycles. The largest absolute Gasteiger partial charge is 0.493 e. The third-order valence-corrected chi connectivity index (χ3v) is 5.86. The van der Waals surface area contributed by atoms with Crippen LogP contribution in [0.15, 0.2) is 53.9 Å². The molecule has 1 N–H and O–H groups in total. The average molecular weight is 400 g/mol. The van der Waals surface area contributed by atoms with Crippen molar-refractivity contribution in [2.45, 2.75) is 18.9 Å². The summed E-state index contributed by atoms with van der Waals surface area (Å²) in [5, 5.41) is 5.63. The molecule has 2 heterocycles. The standard InChI is InChI=1S/C21H18ClNO3S/c1-25-18-4-2-3-15(16-11-19(24)23-17-9-10-27-21(16)17)20(18)26-12-13-5-7-14(22)8-6-13/h2-10,16H,11-12H2,1H3,(H,23,24). The predicted molar refractivity (Wildman–Crippen MR) is 108 cm³/mol. The number of fused-ring (bicyclic) bond motifs is 1. The Morgan fingerprint density at radius 3 is 2.78 bits per heavy atom. The van der Waals surface area contributed by atoms with Crippen LogP contribution in [0, 0.1) is 0 Å². The zero-order valence-electron chi connectivity index (χ0n) is 14.7. The Hall–Kier alpha value is -2.50. The number of benzene rings is 2. The van der Waals surface area contributed by atoms with Gasteiger partial charge in [0.25, 0.3) is 0 Å². The molecule has 0 fully saturated rings. The smallest absolute Gasteiger partial charge is 0.225 e. The van der Waals surface area contributed by atoms with Crippen molar-refractivity contribution in [1.82, 2.24) is 0 Å². The zero-order chi connectivity index (χ0) is 18.8. The SMILES string of the molecule is COc1cccc(C2CC(=O)Nc3ccsc32)c1OCc1ccc(Cl)cc1. The first kappa shape index (κ1) is 17.9. The quantitative estimate of drug-likeness (QED) is 0.619. The minimum Gasteiger partial charge on any atom is -0.493 e. The van der Waals surface area contributed by atoms with Crippen LogP contribution in [-0.2, 0) is 11.4 Å². The van der Waals surface area contributed by atoms with Crippen LogP contribution in [0.1, 0.15) is 28.3 Å². The predicted octanol–water partition coefficient (Wildman–Crippen LogP) is 5.46. The van der Waals surface area contributed by atoms with Gasteiger partial charge in [0, 0.05) is 27.8 Å². The van der Waals surface area contributed by atoms with E-state index in [2.05, 4.69) is 5.32 Å². The summed E-state index contributed by atoms with van der Waals surface area (Å²) >= 11 is 7.60. The third kappa shape index (κ3) is 3.66. The van der Waals surface area contributed by atoms with Gasteiger partial charge in [0.15, 0.2) is 11.5 Å². The molecule has 2 aromatic carbocycles. The molecule has 0 bridgehead atoms. The fourth-order valence-corrected chi connectivity index (χ4v) is 4.38. The number of anilines is 1. The summed E-state index contributed by atoms with van der Waals surface area (Å²) in [4.78, 5) is 13.3. The molecule has 0 saturated carbocycles. The second-order valence-corrected chi connectivity index (χ2v) is 7.68. The van der Waals surface area contributed by atoms with Gasteiger partial charge in [-0.1, -0.05) is 35.9 Å². The molecule has 27 heavy (non-hydrogen) atoms. The summed E-state index contributed by atoms with van der Waals surface area (Å²) in [6.45, 7) is 0.390. The van der Waals surface area contributed by atoms with Crippen molar-refractivity contribution >= 4 is 34.5 Å². The van der Waals surface area contributed by atoms with E-state index in [4.69, 9.17) is 21.1 Å². The van der Waals surface area contributed by atoms with Crippen LogP contribution in [0.5, 0.6) is 11.5 Å². The molecule has 0 saturated heterocycles. The topological polar surface area (TPSA) is 47.6 Å². The van der Waals surface area contributed by atoms with E-state index in [1.165, 1.54) is 0 Å². The van der Waals surface area contributed by atoms with Crippen LogP contribution in [0.3, 0.4) is 0 Å². The van der Waals surface area contributed by atoms with Crippen molar-refractivity contribution in [2.24, 2.45) is 0 Å². The summed E-state index contributed by atoms with van der Waals surface area (Å²) < 4.78 is 11.7. The lowest BCUT2D eigenvalue weighted by atomic mass is 9.89. The molecule has 4 nitrogen and oxygen atoms in total. The van der Waals surface area contributed by atoms with Gasteiger partial charge in [0.05, 0.1) is 12.8 Å². The Kier molecular flexibility index (Phi) is 5.05. The molecular weight excluding hydrogens is 382 g/mol. The molecular formula is C21H18ClNO3S. The Morgan fingerprint density at radius 2 is 2.00 bits per heavy atom. The van der Waals surface area contributed by atoms with E-state index in [0.29, 0.717) is 29.5 Å². The summed E-state index contributed by atoms with van der Waals surface area (Å²) in [7, 11) is 1.62. The van der Waals surface area contributed by atoms with Crippen molar-refractivity contribution in [2.75, 3.05) is 12.4 Å². The van der Waals surface area contributed by atoms with Crippen molar-refractivity contribution in [1.29, 1.82) is 0 Å². The Bertz CT molecular complexity index is 968. The van der Waals surface area contributed by atoms with Gasteiger partial charge in [-0.25, -0.2) is 0 Å². The molecule has 0 spiro atoms.